The molecule has 0 saturated heterocycles. The largest absolute Gasteiger partial charge is 0.355 e. The van der Waals surface area contributed by atoms with Crippen molar-refractivity contribution in [1.29, 1.82) is 0 Å². The summed E-state index contributed by atoms with van der Waals surface area (Å²) in [5.74, 6) is 0.472. The van der Waals surface area contributed by atoms with Crippen LogP contribution in [-0.2, 0) is 0 Å². The topological polar surface area (TPSA) is 55.1 Å². The van der Waals surface area contributed by atoms with E-state index in [0.717, 1.165) is 21.5 Å². The van der Waals surface area contributed by atoms with E-state index in [1.165, 1.54) is 0 Å². The van der Waals surface area contributed by atoms with Crippen LogP contribution in [0.5, 0.6) is 0 Å². The molecule has 4 nitrogen and oxygen atoms in total. The van der Waals surface area contributed by atoms with Gasteiger partial charge in [-0.1, -0.05) is 5.16 Å². The number of carbonyl (C=O) groups excluding carboxylic acids is 1. The summed E-state index contributed by atoms with van der Waals surface area (Å²) in [5, 5.41) is 6.66. The maximum absolute atomic E-state index is 11.7. The van der Waals surface area contributed by atoms with E-state index < -0.39 is 0 Å². The maximum Gasteiger partial charge on any atom is 0.273 e. The Morgan fingerprint density at radius 3 is 3.00 bits per heavy atom. The van der Waals surface area contributed by atoms with Crippen molar-refractivity contribution in [3.63, 3.8) is 0 Å². The molecule has 17 heavy (non-hydrogen) atoms. The predicted molar refractivity (Wildman–Crippen MR) is 68.0 cm³/mol. The van der Waals surface area contributed by atoms with E-state index in [-0.39, 0.29) is 5.91 Å². The number of carbonyl (C=O) groups is 1. The first-order valence-electron chi connectivity index (χ1n) is 5.25. The Balaban J connectivity index is 1.79. The summed E-state index contributed by atoms with van der Waals surface area (Å²) in [6.45, 7) is 0. The number of halogens is 1. The van der Waals surface area contributed by atoms with Crippen LogP contribution in [0.3, 0.4) is 0 Å². The van der Waals surface area contributed by atoms with Crippen molar-refractivity contribution in [2.45, 2.75) is 18.9 Å². The Morgan fingerprint density at radius 1 is 1.53 bits per heavy atom. The fourth-order valence-corrected chi connectivity index (χ4v) is 2.77. The standard InChI is InChI=1S/C11H9BrN2O2S/c12-10-4-3-9(17-10)8-5-7(14-16-8)11(15)13-6-1-2-6/h3-6H,1-2H2,(H,13,15). The number of hydrogen-bond acceptors (Lipinski definition) is 4. The van der Waals surface area contributed by atoms with Crippen molar-refractivity contribution in [1.82, 2.24) is 10.5 Å². The molecule has 1 fully saturated rings. The maximum atomic E-state index is 11.7. The van der Waals surface area contributed by atoms with E-state index in [2.05, 4.69) is 26.4 Å². The fourth-order valence-electron chi connectivity index (χ4n) is 1.43. The zero-order chi connectivity index (χ0) is 11.8. The van der Waals surface area contributed by atoms with Crippen molar-refractivity contribution >= 4 is 33.2 Å². The Morgan fingerprint density at radius 2 is 2.35 bits per heavy atom. The van der Waals surface area contributed by atoms with Gasteiger partial charge in [-0.25, -0.2) is 0 Å². The monoisotopic (exact) mass is 312 g/mol. The molecule has 6 heteroatoms. The van der Waals surface area contributed by atoms with Gasteiger partial charge >= 0.3 is 0 Å². The van der Waals surface area contributed by atoms with Gasteiger partial charge in [-0.15, -0.1) is 11.3 Å². The Bertz CT molecular complexity index is 559. The minimum absolute atomic E-state index is 0.155. The molecular weight excluding hydrogens is 304 g/mol. The Kier molecular flexibility index (Phi) is 2.76. The molecule has 1 amide bonds. The molecule has 2 aromatic heterocycles. The molecule has 3 rings (SSSR count). The molecule has 0 aliphatic heterocycles. The number of aromatic nitrogens is 1. The predicted octanol–water partition coefficient (Wildman–Crippen LogP) is 3.06. The number of nitrogens with one attached hydrogen (secondary N) is 1. The molecule has 1 saturated carbocycles. The zero-order valence-electron chi connectivity index (χ0n) is 8.77. The molecule has 0 radical (unpaired) electrons. The molecule has 1 N–H and O–H groups in total. The summed E-state index contributed by atoms with van der Waals surface area (Å²) < 4.78 is 6.19. The summed E-state index contributed by atoms with van der Waals surface area (Å²) in [6.07, 6.45) is 2.13. The van der Waals surface area contributed by atoms with Crippen LogP contribution in [0.1, 0.15) is 23.3 Å². The summed E-state index contributed by atoms with van der Waals surface area (Å²) in [6, 6.07) is 5.87. The van der Waals surface area contributed by atoms with Crippen molar-refractivity contribution in [2.24, 2.45) is 0 Å². The average Bonchev–Trinajstić information content (AvgIpc) is 2.81. The van der Waals surface area contributed by atoms with Crippen molar-refractivity contribution in [3.05, 3.63) is 27.7 Å². The Labute approximate surface area is 110 Å². The zero-order valence-corrected chi connectivity index (χ0v) is 11.2. The summed E-state index contributed by atoms with van der Waals surface area (Å²) in [7, 11) is 0. The Hall–Kier alpha value is -1.14. The van der Waals surface area contributed by atoms with Crippen LogP contribution in [0.4, 0.5) is 0 Å². The highest BCUT2D eigenvalue weighted by atomic mass is 79.9. The van der Waals surface area contributed by atoms with Crippen LogP contribution in [0.15, 0.2) is 26.5 Å². The van der Waals surface area contributed by atoms with Crippen LogP contribution in [0.25, 0.3) is 10.6 Å². The second-order valence-electron chi connectivity index (χ2n) is 3.93. The average molecular weight is 313 g/mol. The van der Waals surface area contributed by atoms with Crippen molar-refractivity contribution < 1.29 is 9.32 Å². The molecule has 1 aliphatic carbocycles. The van der Waals surface area contributed by atoms with E-state index >= 15 is 0 Å². The summed E-state index contributed by atoms with van der Waals surface area (Å²) >= 11 is 4.93. The van der Waals surface area contributed by atoms with E-state index in [9.17, 15) is 4.79 Å². The number of nitrogens with zero attached hydrogens (tertiary/aromatic N) is 1. The van der Waals surface area contributed by atoms with Crippen LogP contribution >= 0.6 is 27.3 Å². The van der Waals surface area contributed by atoms with Gasteiger partial charge in [0.15, 0.2) is 11.5 Å². The highest BCUT2D eigenvalue weighted by Gasteiger charge is 2.25. The molecule has 1 aliphatic rings. The van der Waals surface area contributed by atoms with Crippen LogP contribution < -0.4 is 5.32 Å². The quantitative estimate of drug-likeness (QED) is 0.947. The van der Waals surface area contributed by atoms with Gasteiger partial charge in [0.1, 0.15) is 0 Å². The lowest BCUT2D eigenvalue weighted by Gasteiger charge is -1.96. The first-order valence-corrected chi connectivity index (χ1v) is 6.86. The fraction of sp³-hybridized carbons (Fsp3) is 0.273. The van der Waals surface area contributed by atoms with E-state index in [0.29, 0.717) is 17.5 Å². The van der Waals surface area contributed by atoms with Gasteiger partial charge in [0.25, 0.3) is 5.91 Å². The highest BCUT2D eigenvalue weighted by Crippen LogP contribution is 2.31. The molecule has 0 bridgehead atoms. The van der Waals surface area contributed by atoms with Crippen molar-refractivity contribution in [3.8, 4) is 10.6 Å². The van der Waals surface area contributed by atoms with Crippen LogP contribution in [0, 0.1) is 0 Å². The van der Waals surface area contributed by atoms with Crippen molar-refractivity contribution in [2.75, 3.05) is 0 Å². The van der Waals surface area contributed by atoms with Crippen LogP contribution in [-0.4, -0.2) is 17.1 Å². The highest BCUT2D eigenvalue weighted by molar-refractivity contribution is 9.11. The lowest BCUT2D eigenvalue weighted by atomic mass is 10.3. The van der Waals surface area contributed by atoms with E-state index in [1.807, 2.05) is 12.1 Å². The molecule has 88 valence electrons. The van der Waals surface area contributed by atoms with Gasteiger partial charge in [-0.3, -0.25) is 4.79 Å². The number of amides is 1. The van der Waals surface area contributed by atoms with Gasteiger partial charge in [-0.2, -0.15) is 0 Å². The first-order chi connectivity index (χ1) is 8.22. The van der Waals surface area contributed by atoms with Gasteiger partial charge in [0.2, 0.25) is 0 Å². The second kappa shape index (κ2) is 4.27. The van der Waals surface area contributed by atoms with Gasteiger partial charge in [0.05, 0.1) is 8.66 Å². The molecule has 2 aromatic rings. The molecule has 0 unspecified atom stereocenters. The number of rotatable bonds is 3. The molecule has 0 spiro atoms. The normalized spacial score (nSPS) is 14.9. The minimum atomic E-state index is -0.155. The second-order valence-corrected chi connectivity index (χ2v) is 6.39. The smallest absolute Gasteiger partial charge is 0.273 e. The summed E-state index contributed by atoms with van der Waals surface area (Å²) in [4.78, 5) is 12.7. The molecular formula is C11H9BrN2O2S. The minimum Gasteiger partial charge on any atom is -0.355 e. The molecule has 0 aromatic carbocycles. The lowest BCUT2D eigenvalue weighted by Crippen LogP contribution is -2.25. The lowest BCUT2D eigenvalue weighted by molar-refractivity contribution is 0.0942. The SMILES string of the molecule is O=C(NC1CC1)c1cc(-c2ccc(Br)s2)on1. The van der Waals surface area contributed by atoms with Crippen LogP contribution in [0.2, 0.25) is 0 Å². The molecule has 2 heterocycles. The number of hydrogen-bond donors (Lipinski definition) is 1. The van der Waals surface area contributed by atoms with E-state index in [1.54, 1.807) is 17.4 Å². The first kappa shape index (κ1) is 11.0. The third-order valence-corrected chi connectivity index (χ3v) is 4.11. The molecule has 0 atom stereocenters. The third-order valence-electron chi connectivity index (χ3n) is 2.47. The van der Waals surface area contributed by atoms with E-state index in [4.69, 9.17) is 4.52 Å². The third kappa shape index (κ3) is 2.42. The van der Waals surface area contributed by atoms with Gasteiger partial charge < -0.3 is 9.84 Å². The van der Waals surface area contributed by atoms with Gasteiger partial charge in [-0.05, 0) is 40.9 Å². The summed E-state index contributed by atoms with van der Waals surface area (Å²) in [5.41, 5.74) is 0.344. The van der Waals surface area contributed by atoms with Gasteiger partial charge in [0, 0.05) is 12.1 Å². The number of thiophene rings is 1.